The summed E-state index contributed by atoms with van der Waals surface area (Å²) in [6.07, 6.45) is 10.1. The molecule has 3 N–H and O–H groups in total. The second-order valence-electron chi connectivity index (χ2n) is 12.2. The minimum absolute atomic E-state index is 0.0275. The number of fused-ring (bicyclic) bond motifs is 3. The van der Waals surface area contributed by atoms with Crippen LogP contribution in [0, 0.1) is 0 Å². The average molecular weight is 626 g/mol. The van der Waals surface area contributed by atoms with Crippen molar-refractivity contribution in [3.63, 3.8) is 0 Å². The summed E-state index contributed by atoms with van der Waals surface area (Å²) in [5, 5.41) is 7.27. The number of rotatable bonds is 7. The Morgan fingerprint density at radius 3 is 2.75 bits per heavy atom. The molecule has 238 valence electrons. The maximum absolute atomic E-state index is 13.7. The predicted molar refractivity (Wildman–Crippen MR) is 167 cm³/mol. The molecule has 2 fully saturated rings. The summed E-state index contributed by atoms with van der Waals surface area (Å²) in [5.74, 6) is -1.18. The first-order chi connectivity index (χ1) is 21.1. The summed E-state index contributed by atoms with van der Waals surface area (Å²) >= 11 is 0. The van der Waals surface area contributed by atoms with E-state index in [0.29, 0.717) is 18.7 Å². The molecule has 5 rings (SSSR count). The van der Waals surface area contributed by atoms with Gasteiger partial charge in [-0.1, -0.05) is 37.5 Å². The molecule has 2 unspecified atom stereocenters. The fourth-order valence-corrected chi connectivity index (χ4v) is 7.29. The molecule has 3 heterocycles. The van der Waals surface area contributed by atoms with Crippen LogP contribution in [0.2, 0.25) is 0 Å². The van der Waals surface area contributed by atoms with Gasteiger partial charge in [0.1, 0.15) is 18.2 Å². The number of aryl methyl sites for hydroxylation is 1. The largest absolute Gasteiger partial charge is 0.472 e. The van der Waals surface area contributed by atoms with Crippen molar-refractivity contribution in [3.8, 4) is 5.88 Å². The van der Waals surface area contributed by atoms with E-state index < -0.39 is 45.3 Å². The molecule has 3 aliphatic rings. The van der Waals surface area contributed by atoms with Crippen molar-refractivity contribution >= 4 is 38.5 Å². The van der Waals surface area contributed by atoms with Gasteiger partial charge >= 0.3 is 0 Å². The van der Waals surface area contributed by atoms with Crippen molar-refractivity contribution in [1.82, 2.24) is 25.2 Å². The normalized spacial score (nSPS) is 24.2. The van der Waals surface area contributed by atoms with Crippen molar-refractivity contribution in [3.05, 3.63) is 48.7 Å². The number of carbonyl (C=O) groups is 3. The van der Waals surface area contributed by atoms with Crippen LogP contribution in [0.1, 0.15) is 70.3 Å². The van der Waals surface area contributed by atoms with E-state index in [-0.39, 0.29) is 37.9 Å². The van der Waals surface area contributed by atoms with E-state index in [9.17, 15) is 22.8 Å². The second-order valence-corrected chi connectivity index (χ2v) is 14.2. The molecule has 0 radical (unpaired) electrons. The van der Waals surface area contributed by atoms with Crippen molar-refractivity contribution in [2.45, 2.75) is 101 Å². The zero-order chi connectivity index (χ0) is 31.3. The molecule has 2 aliphatic heterocycles. The molecule has 4 atom stereocenters. The summed E-state index contributed by atoms with van der Waals surface area (Å²) < 4.78 is 33.3. The highest BCUT2D eigenvalue weighted by atomic mass is 32.2. The first-order valence-corrected chi connectivity index (χ1v) is 17.2. The Bertz CT molecular complexity index is 1490. The standard InChI is InChI=1S/C32H43N5O6S/c1-3-8-27(30(39)36-44(41,42)25-13-14-25)35-31(40)28-18-24-20-37(28)29(38)19-34-21(2)9-6-4-5-7-10-22-11-12-23-15-16-33-32(43-24)26(23)17-22/h3,11-12,15-17,21,24-25,27-28,34H,1,4-10,13-14,18-20H2,2H3,(H,35,40)(H,36,39)/t21?,24-,27?,28+/m1/s1. The molecule has 1 aliphatic carbocycles. The molecule has 1 saturated carbocycles. The van der Waals surface area contributed by atoms with E-state index in [0.717, 1.165) is 49.3 Å². The Kier molecular flexibility index (Phi) is 10.2. The maximum Gasteiger partial charge on any atom is 0.256 e. The molecule has 1 saturated heterocycles. The molecule has 1 aromatic carbocycles. The Morgan fingerprint density at radius 2 is 1.98 bits per heavy atom. The monoisotopic (exact) mass is 625 g/mol. The lowest BCUT2D eigenvalue weighted by atomic mass is 10.0. The fourth-order valence-electron chi connectivity index (χ4n) is 5.94. The molecule has 11 nitrogen and oxygen atoms in total. The summed E-state index contributed by atoms with van der Waals surface area (Å²) in [5.41, 5.74) is 1.21. The van der Waals surface area contributed by atoms with Gasteiger partial charge in [0.2, 0.25) is 27.7 Å². The summed E-state index contributed by atoms with van der Waals surface area (Å²) in [4.78, 5) is 46.1. The molecule has 0 spiro atoms. The minimum Gasteiger partial charge on any atom is -0.472 e. The third-order valence-electron chi connectivity index (χ3n) is 8.65. The Hall–Kier alpha value is -3.51. The van der Waals surface area contributed by atoms with Gasteiger partial charge in [0.15, 0.2) is 0 Å². The molecular formula is C32H43N5O6S. The van der Waals surface area contributed by atoms with E-state index in [1.807, 2.05) is 6.07 Å². The van der Waals surface area contributed by atoms with E-state index in [1.54, 1.807) is 6.20 Å². The van der Waals surface area contributed by atoms with Gasteiger partial charge in [0, 0.05) is 24.0 Å². The minimum atomic E-state index is -3.80. The third-order valence-corrected chi connectivity index (χ3v) is 10.5. The van der Waals surface area contributed by atoms with Crippen molar-refractivity contribution in [2.75, 3.05) is 13.1 Å². The van der Waals surface area contributed by atoms with Gasteiger partial charge < -0.3 is 20.3 Å². The van der Waals surface area contributed by atoms with E-state index in [1.165, 1.54) is 16.5 Å². The number of carbonyl (C=O) groups excluding carboxylic acids is 3. The Balaban J connectivity index is 1.37. The second kappa shape index (κ2) is 14.1. The highest BCUT2D eigenvalue weighted by Gasteiger charge is 2.43. The third kappa shape index (κ3) is 7.95. The van der Waals surface area contributed by atoms with Crippen LogP contribution in [0.15, 0.2) is 43.1 Å². The lowest BCUT2D eigenvalue weighted by Crippen LogP contribution is -2.54. The van der Waals surface area contributed by atoms with Gasteiger partial charge in [-0.05, 0) is 68.5 Å². The predicted octanol–water partition coefficient (Wildman–Crippen LogP) is 2.74. The molecule has 1 aromatic heterocycles. The first-order valence-electron chi connectivity index (χ1n) is 15.7. The highest BCUT2D eigenvalue weighted by molar-refractivity contribution is 7.90. The molecule has 2 aromatic rings. The molecular weight excluding hydrogens is 582 g/mol. The topological polar surface area (TPSA) is 147 Å². The number of sulfonamides is 1. The lowest BCUT2D eigenvalue weighted by molar-refractivity contribution is -0.138. The maximum atomic E-state index is 13.7. The van der Waals surface area contributed by atoms with Gasteiger partial charge in [-0.15, -0.1) is 6.58 Å². The van der Waals surface area contributed by atoms with Gasteiger partial charge in [-0.3, -0.25) is 19.1 Å². The number of benzene rings is 1. The number of pyridine rings is 1. The lowest BCUT2D eigenvalue weighted by Gasteiger charge is -2.26. The van der Waals surface area contributed by atoms with Crippen LogP contribution in [0.3, 0.4) is 0 Å². The van der Waals surface area contributed by atoms with E-state index in [2.05, 4.69) is 52.0 Å². The van der Waals surface area contributed by atoms with Crippen molar-refractivity contribution in [1.29, 1.82) is 0 Å². The quantitative estimate of drug-likeness (QED) is 0.398. The summed E-state index contributed by atoms with van der Waals surface area (Å²) in [6, 6.07) is 6.31. The summed E-state index contributed by atoms with van der Waals surface area (Å²) in [6.45, 7) is 5.93. The SMILES string of the molecule is C=CCC(NC(=O)[C@@H]1C[C@@H]2CN1C(=O)CNC(C)CCCCCCc1ccc3ccnc(c3c1)O2)C(=O)NS(=O)(=O)C1CC1. The number of amides is 3. The summed E-state index contributed by atoms with van der Waals surface area (Å²) in [7, 11) is -3.80. The van der Waals surface area contributed by atoms with Crippen LogP contribution in [0.4, 0.5) is 0 Å². The fraction of sp³-hybridized carbons (Fsp3) is 0.562. The number of nitrogens with one attached hydrogen (secondary N) is 3. The van der Waals surface area contributed by atoms with Crippen molar-refractivity contribution < 1.29 is 27.5 Å². The Morgan fingerprint density at radius 1 is 1.18 bits per heavy atom. The van der Waals surface area contributed by atoms with E-state index in [4.69, 9.17) is 4.74 Å². The van der Waals surface area contributed by atoms with Crippen LogP contribution in [-0.2, 0) is 30.8 Å². The van der Waals surface area contributed by atoms with Gasteiger partial charge in [-0.25, -0.2) is 13.4 Å². The van der Waals surface area contributed by atoms with Gasteiger partial charge in [0.25, 0.3) is 5.91 Å². The van der Waals surface area contributed by atoms with Crippen molar-refractivity contribution in [2.24, 2.45) is 0 Å². The van der Waals surface area contributed by atoms with Crippen LogP contribution in [-0.4, -0.2) is 78.6 Å². The number of hydrogen-bond donors (Lipinski definition) is 3. The number of hydrogen-bond acceptors (Lipinski definition) is 8. The van der Waals surface area contributed by atoms with Crippen LogP contribution in [0.25, 0.3) is 10.8 Å². The average Bonchev–Trinajstić information content (AvgIpc) is 3.78. The van der Waals surface area contributed by atoms with Crippen LogP contribution >= 0.6 is 0 Å². The van der Waals surface area contributed by atoms with Gasteiger partial charge in [-0.2, -0.15) is 0 Å². The zero-order valence-electron chi connectivity index (χ0n) is 25.3. The molecule has 3 amide bonds. The van der Waals surface area contributed by atoms with Crippen LogP contribution in [0.5, 0.6) is 5.88 Å². The number of nitrogens with zero attached hydrogens (tertiary/aromatic N) is 2. The highest BCUT2D eigenvalue weighted by Crippen LogP contribution is 2.30. The number of aromatic nitrogens is 1. The molecule has 4 bridgehead atoms. The number of ether oxygens (including phenoxy) is 1. The molecule has 44 heavy (non-hydrogen) atoms. The zero-order valence-corrected chi connectivity index (χ0v) is 26.1. The first kappa shape index (κ1) is 31.9. The van der Waals surface area contributed by atoms with E-state index >= 15 is 0 Å². The molecule has 12 heteroatoms. The van der Waals surface area contributed by atoms with Gasteiger partial charge in [0.05, 0.1) is 18.3 Å². The smallest absolute Gasteiger partial charge is 0.256 e. The Labute approximate surface area is 259 Å². The van der Waals surface area contributed by atoms with Crippen LogP contribution < -0.4 is 20.1 Å².